The number of ether oxygens (including phenoxy) is 1. The maximum Gasteiger partial charge on any atom is 0.348 e. The van der Waals surface area contributed by atoms with E-state index in [9.17, 15) is 9.59 Å². The molecule has 0 unspecified atom stereocenters. The van der Waals surface area contributed by atoms with Gasteiger partial charge in [0.15, 0.2) is 0 Å². The molecular formula is C17H15NO3S. The van der Waals surface area contributed by atoms with Crippen molar-refractivity contribution in [1.29, 1.82) is 0 Å². The Morgan fingerprint density at radius 1 is 1.18 bits per heavy atom. The van der Waals surface area contributed by atoms with Crippen LogP contribution in [0.5, 0.6) is 0 Å². The highest BCUT2D eigenvalue weighted by atomic mass is 32.1. The molecule has 5 heteroatoms. The van der Waals surface area contributed by atoms with E-state index in [2.05, 4.69) is 0 Å². The van der Waals surface area contributed by atoms with Crippen molar-refractivity contribution < 1.29 is 9.53 Å². The lowest BCUT2D eigenvalue weighted by Crippen LogP contribution is -2.13. The van der Waals surface area contributed by atoms with Gasteiger partial charge in [-0.2, -0.15) is 0 Å². The topological polar surface area (TPSA) is 48.3 Å². The first-order valence-electron chi connectivity index (χ1n) is 6.80. The number of carbonyl (C=O) groups excluding carboxylic acids is 1. The van der Waals surface area contributed by atoms with Crippen molar-refractivity contribution in [3.63, 3.8) is 0 Å². The molecule has 0 amide bonds. The van der Waals surface area contributed by atoms with Crippen LogP contribution in [0.3, 0.4) is 0 Å². The molecule has 3 aromatic rings. The average molecular weight is 313 g/mol. The van der Waals surface area contributed by atoms with Crippen LogP contribution in [0.2, 0.25) is 0 Å². The summed E-state index contributed by atoms with van der Waals surface area (Å²) in [6.07, 6.45) is 1.81. The Kier molecular flexibility index (Phi) is 3.58. The second-order valence-corrected chi connectivity index (χ2v) is 6.18. The normalized spacial score (nSPS) is 10.9. The number of hydrogen-bond acceptors (Lipinski definition) is 4. The van der Waals surface area contributed by atoms with Gasteiger partial charge in [0, 0.05) is 24.0 Å². The summed E-state index contributed by atoms with van der Waals surface area (Å²) in [5.74, 6) is -0.303. The van der Waals surface area contributed by atoms with Gasteiger partial charge in [-0.3, -0.25) is 4.79 Å². The zero-order valence-corrected chi connectivity index (χ0v) is 13.4. The lowest BCUT2D eigenvalue weighted by Gasteiger charge is -2.04. The van der Waals surface area contributed by atoms with Crippen LogP contribution in [0.1, 0.15) is 15.2 Å². The Morgan fingerprint density at radius 2 is 1.91 bits per heavy atom. The fourth-order valence-electron chi connectivity index (χ4n) is 2.45. The SMILES string of the molecule is COC(=O)c1sc2ccc(-c3ccc(=O)n(C)c3)cc2c1C. The molecule has 0 radical (unpaired) electrons. The second-order valence-electron chi connectivity index (χ2n) is 5.13. The standard InChI is InChI=1S/C17H15NO3S/c1-10-13-8-11(12-5-7-15(19)18(2)9-12)4-6-14(13)22-16(10)17(20)21-3/h4-9H,1-3H3. The Morgan fingerprint density at radius 3 is 2.59 bits per heavy atom. The van der Waals surface area contributed by atoms with E-state index in [0.717, 1.165) is 26.8 Å². The third-order valence-electron chi connectivity index (χ3n) is 3.73. The van der Waals surface area contributed by atoms with Gasteiger partial charge in [0.2, 0.25) is 5.56 Å². The molecule has 22 heavy (non-hydrogen) atoms. The van der Waals surface area contributed by atoms with E-state index in [4.69, 9.17) is 4.74 Å². The van der Waals surface area contributed by atoms with Gasteiger partial charge >= 0.3 is 5.97 Å². The molecule has 1 aromatic carbocycles. The molecule has 2 heterocycles. The average Bonchev–Trinajstić information content (AvgIpc) is 2.86. The lowest BCUT2D eigenvalue weighted by atomic mass is 10.0. The first kappa shape index (κ1) is 14.5. The highest BCUT2D eigenvalue weighted by molar-refractivity contribution is 7.21. The summed E-state index contributed by atoms with van der Waals surface area (Å²) in [6.45, 7) is 1.93. The van der Waals surface area contributed by atoms with Gasteiger partial charge in [0.25, 0.3) is 0 Å². The van der Waals surface area contributed by atoms with Crippen LogP contribution < -0.4 is 5.56 Å². The lowest BCUT2D eigenvalue weighted by molar-refractivity contribution is 0.0605. The van der Waals surface area contributed by atoms with Gasteiger partial charge in [-0.1, -0.05) is 6.07 Å². The molecule has 0 saturated carbocycles. The monoisotopic (exact) mass is 313 g/mol. The largest absolute Gasteiger partial charge is 0.465 e. The van der Waals surface area contributed by atoms with Crippen LogP contribution in [-0.4, -0.2) is 17.6 Å². The molecule has 0 aliphatic rings. The third kappa shape index (κ3) is 2.33. The number of fused-ring (bicyclic) bond motifs is 1. The minimum atomic E-state index is -0.303. The van der Waals surface area contributed by atoms with Crippen LogP contribution in [0.15, 0.2) is 41.3 Å². The van der Waals surface area contributed by atoms with Crippen molar-refractivity contribution in [2.24, 2.45) is 7.05 Å². The van der Waals surface area contributed by atoms with E-state index in [0.29, 0.717) is 4.88 Å². The van der Waals surface area contributed by atoms with E-state index < -0.39 is 0 Å². The molecule has 0 N–H and O–H groups in total. The minimum Gasteiger partial charge on any atom is -0.465 e. The maximum absolute atomic E-state index is 11.8. The molecule has 112 valence electrons. The first-order valence-corrected chi connectivity index (χ1v) is 7.61. The summed E-state index contributed by atoms with van der Waals surface area (Å²) < 4.78 is 7.43. The first-order chi connectivity index (χ1) is 10.5. The quantitative estimate of drug-likeness (QED) is 0.682. The van der Waals surface area contributed by atoms with Crippen molar-refractivity contribution >= 4 is 27.4 Å². The Balaban J connectivity index is 2.17. The molecular weight excluding hydrogens is 298 g/mol. The molecule has 3 rings (SSSR count). The van der Waals surface area contributed by atoms with Crippen molar-refractivity contribution in [3.05, 3.63) is 57.3 Å². The molecule has 2 aromatic heterocycles. The van der Waals surface area contributed by atoms with E-state index in [1.54, 1.807) is 17.7 Å². The van der Waals surface area contributed by atoms with Crippen LogP contribution in [0, 0.1) is 6.92 Å². The summed E-state index contributed by atoms with van der Waals surface area (Å²) in [5.41, 5.74) is 2.87. The fourth-order valence-corrected chi connectivity index (χ4v) is 3.56. The molecule has 0 spiro atoms. The Bertz CT molecular complexity index is 937. The predicted molar refractivity (Wildman–Crippen MR) is 88.6 cm³/mol. The molecule has 4 nitrogen and oxygen atoms in total. The Hall–Kier alpha value is -2.40. The molecule has 0 saturated heterocycles. The van der Waals surface area contributed by atoms with Gasteiger partial charge in [-0.05, 0) is 47.2 Å². The van der Waals surface area contributed by atoms with Gasteiger partial charge in [0.05, 0.1) is 7.11 Å². The number of aryl methyl sites for hydroxylation is 2. The Labute approximate surface area is 131 Å². The smallest absolute Gasteiger partial charge is 0.348 e. The van der Waals surface area contributed by atoms with Gasteiger partial charge in [-0.15, -0.1) is 11.3 Å². The molecule has 0 atom stereocenters. The predicted octanol–water partition coefficient (Wildman–Crippen LogP) is 3.36. The summed E-state index contributed by atoms with van der Waals surface area (Å²) in [7, 11) is 3.12. The van der Waals surface area contributed by atoms with E-state index >= 15 is 0 Å². The number of carbonyl (C=O) groups is 1. The number of benzene rings is 1. The fraction of sp³-hybridized carbons (Fsp3) is 0.176. The van der Waals surface area contributed by atoms with Gasteiger partial charge in [0.1, 0.15) is 4.88 Å². The second kappa shape index (κ2) is 5.42. The third-order valence-corrected chi connectivity index (χ3v) is 4.98. The van der Waals surface area contributed by atoms with Crippen molar-refractivity contribution in [1.82, 2.24) is 4.57 Å². The minimum absolute atomic E-state index is 0.0375. The number of thiophene rings is 1. The van der Waals surface area contributed by atoms with E-state index in [1.807, 2.05) is 37.4 Å². The van der Waals surface area contributed by atoms with Crippen molar-refractivity contribution in [2.75, 3.05) is 7.11 Å². The van der Waals surface area contributed by atoms with Crippen LogP contribution in [0.25, 0.3) is 21.2 Å². The number of esters is 1. The molecule has 0 bridgehead atoms. The van der Waals surface area contributed by atoms with Gasteiger partial charge < -0.3 is 9.30 Å². The summed E-state index contributed by atoms with van der Waals surface area (Å²) in [5, 5.41) is 1.04. The van der Waals surface area contributed by atoms with Gasteiger partial charge in [-0.25, -0.2) is 4.79 Å². The number of rotatable bonds is 2. The van der Waals surface area contributed by atoms with Crippen molar-refractivity contribution in [2.45, 2.75) is 6.92 Å². The van der Waals surface area contributed by atoms with E-state index in [1.165, 1.54) is 18.4 Å². The zero-order valence-electron chi connectivity index (χ0n) is 12.5. The highest BCUT2D eigenvalue weighted by Crippen LogP contribution is 2.34. The highest BCUT2D eigenvalue weighted by Gasteiger charge is 2.16. The van der Waals surface area contributed by atoms with Crippen LogP contribution in [0.4, 0.5) is 0 Å². The number of methoxy groups -OCH3 is 1. The summed E-state index contributed by atoms with van der Waals surface area (Å²) in [4.78, 5) is 23.9. The number of nitrogens with zero attached hydrogens (tertiary/aromatic N) is 1. The summed E-state index contributed by atoms with van der Waals surface area (Å²) >= 11 is 1.44. The van der Waals surface area contributed by atoms with Crippen LogP contribution in [-0.2, 0) is 11.8 Å². The molecule has 0 aliphatic heterocycles. The zero-order chi connectivity index (χ0) is 15.9. The number of aromatic nitrogens is 1. The number of hydrogen-bond donors (Lipinski definition) is 0. The number of pyridine rings is 1. The maximum atomic E-state index is 11.8. The van der Waals surface area contributed by atoms with Crippen LogP contribution >= 0.6 is 11.3 Å². The van der Waals surface area contributed by atoms with Crippen molar-refractivity contribution in [3.8, 4) is 11.1 Å². The van der Waals surface area contributed by atoms with E-state index in [-0.39, 0.29) is 11.5 Å². The molecule has 0 aliphatic carbocycles. The summed E-state index contributed by atoms with van der Waals surface area (Å²) in [6, 6.07) is 9.42. The molecule has 0 fully saturated rings.